The largest absolute Gasteiger partial charge is 0.477 e. The summed E-state index contributed by atoms with van der Waals surface area (Å²) in [6.45, 7) is 4.67. The van der Waals surface area contributed by atoms with E-state index in [4.69, 9.17) is 14.2 Å². The van der Waals surface area contributed by atoms with Crippen molar-refractivity contribution in [3.8, 4) is 0 Å². The summed E-state index contributed by atoms with van der Waals surface area (Å²) in [5, 5.41) is 9.58. The third-order valence-electron chi connectivity index (χ3n) is 8.82. The lowest BCUT2D eigenvalue weighted by Crippen LogP contribution is -2.50. The zero-order chi connectivity index (χ0) is 36.4. The fourth-order valence-electron chi connectivity index (χ4n) is 5.67. The molecule has 8 nitrogen and oxygen atoms in total. The van der Waals surface area contributed by atoms with E-state index in [1.54, 1.807) is 0 Å². The van der Waals surface area contributed by atoms with Gasteiger partial charge in [-0.15, -0.1) is 0 Å². The van der Waals surface area contributed by atoms with Crippen LogP contribution in [0.5, 0.6) is 0 Å². The molecule has 0 bridgehead atoms. The van der Waals surface area contributed by atoms with Gasteiger partial charge < -0.3 is 23.8 Å². The first-order valence-electron chi connectivity index (χ1n) is 19.9. The zero-order valence-electron chi connectivity index (χ0n) is 32.4. The van der Waals surface area contributed by atoms with E-state index in [2.05, 4.69) is 38.2 Å². The molecular weight excluding hydrogens is 618 g/mol. The number of ether oxygens (including phenoxy) is 3. The van der Waals surface area contributed by atoms with Crippen LogP contribution in [0.2, 0.25) is 0 Å². The molecule has 0 saturated carbocycles. The molecule has 0 fully saturated rings. The van der Waals surface area contributed by atoms with Crippen molar-refractivity contribution in [2.45, 2.75) is 180 Å². The standard InChI is InChI=1S/C41H75NO7/c1-6-8-10-12-14-16-18-20-22-24-26-28-30-32-40(44)49-37(35-47-34-33-38(41(45)46)42(3,4)5)36-48-39(43)31-29-27-25-23-21-19-17-15-13-11-9-7-2/h15,17,20,22,37-38H,6-14,16,18-19,21,23-36H2,1-5H3/p+1/b17-15+,22-20+. The van der Waals surface area contributed by atoms with Gasteiger partial charge in [-0.2, -0.15) is 0 Å². The molecule has 0 heterocycles. The maximum atomic E-state index is 12.6. The van der Waals surface area contributed by atoms with Gasteiger partial charge in [-0.05, 0) is 64.2 Å². The minimum atomic E-state index is -0.879. The van der Waals surface area contributed by atoms with Gasteiger partial charge in [0, 0.05) is 19.3 Å². The Balaban J connectivity index is 4.44. The van der Waals surface area contributed by atoms with Gasteiger partial charge in [-0.1, -0.05) is 109 Å². The highest BCUT2D eigenvalue weighted by atomic mass is 16.6. The number of nitrogens with zero attached hydrogens (tertiary/aromatic N) is 1. The van der Waals surface area contributed by atoms with Gasteiger partial charge in [-0.25, -0.2) is 4.79 Å². The lowest BCUT2D eigenvalue weighted by atomic mass is 10.1. The molecule has 0 aliphatic heterocycles. The van der Waals surface area contributed by atoms with E-state index >= 15 is 0 Å². The SMILES string of the molecule is CCCCC/C=C/CCCCCCCC(=O)OCC(COCCC(C(=O)O)[N+](C)(C)C)OC(=O)CCCCC/C=C/CCCCCCCC. The predicted molar refractivity (Wildman–Crippen MR) is 202 cm³/mol. The van der Waals surface area contributed by atoms with Gasteiger partial charge in [0.2, 0.25) is 0 Å². The second-order valence-electron chi connectivity index (χ2n) is 14.5. The molecule has 0 aromatic heterocycles. The number of hydrogen-bond acceptors (Lipinski definition) is 6. The van der Waals surface area contributed by atoms with Gasteiger partial charge in [0.1, 0.15) is 6.61 Å². The molecule has 0 aliphatic carbocycles. The minimum Gasteiger partial charge on any atom is -0.477 e. The second kappa shape index (κ2) is 33.0. The number of unbranched alkanes of at least 4 members (excludes halogenated alkanes) is 17. The highest BCUT2D eigenvalue weighted by molar-refractivity contribution is 5.72. The smallest absolute Gasteiger partial charge is 0.362 e. The third-order valence-corrected chi connectivity index (χ3v) is 8.82. The highest BCUT2D eigenvalue weighted by Gasteiger charge is 2.31. The molecule has 0 saturated heterocycles. The number of likely N-dealkylation sites (N-methyl/N-ethyl adjacent to an activating group) is 1. The summed E-state index contributed by atoms with van der Waals surface area (Å²) in [5.74, 6) is -1.50. The van der Waals surface area contributed by atoms with Crippen LogP contribution < -0.4 is 0 Å². The van der Waals surface area contributed by atoms with Crippen molar-refractivity contribution in [3.05, 3.63) is 24.3 Å². The fourth-order valence-corrected chi connectivity index (χ4v) is 5.67. The van der Waals surface area contributed by atoms with Crippen molar-refractivity contribution in [2.75, 3.05) is 41.0 Å². The van der Waals surface area contributed by atoms with Crippen LogP contribution in [-0.2, 0) is 28.6 Å². The van der Waals surface area contributed by atoms with Crippen molar-refractivity contribution in [3.63, 3.8) is 0 Å². The Morgan fingerprint density at radius 2 is 1.02 bits per heavy atom. The highest BCUT2D eigenvalue weighted by Crippen LogP contribution is 2.13. The van der Waals surface area contributed by atoms with Gasteiger partial charge in [0.25, 0.3) is 0 Å². The molecule has 1 N–H and O–H groups in total. The molecule has 0 amide bonds. The summed E-state index contributed by atoms with van der Waals surface area (Å²) in [6.07, 6.45) is 33.6. The van der Waals surface area contributed by atoms with E-state index in [1.807, 2.05) is 21.1 Å². The van der Waals surface area contributed by atoms with Crippen LogP contribution in [0.4, 0.5) is 0 Å². The number of carbonyl (C=O) groups excluding carboxylic acids is 2. The Morgan fingerprint density at radius 3 is 1.53 bits per heavy atom. The normalized spacial score (nSPS) is 13.2. The molecule has 0 aliphatic rings. The number of carbonyl (C=O) groups is 3. The van der Waals surface area contributed by atoms with Crippen LogP contribution in [0.25, 0.3) is 0 Å². The Bertz CT molecular complexity index is 864. The van der Waals surface area contributed by atoms with E-state index in [0.717, 1.165) is 64.2 Å². The number of allylic oxidation sites excluding steroid dienone is 4. The molecule has 2 atom stereocenters. The predicted octanol–water partition coefficient (Wildman–Crippen LogP) is 10.1. The third kappa shape index (κ3) is 31.5. The molecular formula is C41H76NO7+. The Hall–Kier alpha value is -2.19. The van der Waals surface area contributed by atoms with Gasteiger partial charge >= 0.3 is 17.9 Å². The van der Waals surface area contributed by atoms with E-state index in [-0.39, 0.29) is 36.2 Å². The molecule has 0 spiro atoms. The average molecular weight is 695 g/mol. The van der Waals surface area contributed by atoms with E-state index in [0.29, 0.717) is 19.3 Å². The van der Waals surface area contributed by atoms with Crippen molar-refractivity contribution in [2.24, 2.45) is 0 Å². The molecule has 0 aromatic rings. The van der Waals surface area contributed by atoms with E-state index in [1.165, 1.54) is 70.6 Å². The number of hydrogen-bond donors (Lipinski definition) is 1. The number of esters is 2. The summed E-state index contributed by atoms with van der Waals surface area (Å²) in [5.41, 5.74) is 0. The summed E-state index contributed by atoms with van der Waals surface area (Å²) < 4.78 is 17.2. The number of rotatable bonds is 35. The number of carboxylic acid groups (broad SMARTS) is 1. The first-order chi connectivity index (χ1) is 23.6. The van der Waals surface area contributed by atoms with Crippen LogP contribution >= 0.6 is 0 Å². The van der Waals surface area contributed by atoms with Gasteiger partial charge in [0.15, 0.2) is 12.1 Å². The fraction of sp³-hybridized carbons (Fsp3) is 0.829. The Kier molecular flexibility index (Phi) is 31.5. The van der Waals surface area contributed by atoms with E-state index < -0.39 is 18.1 Å². The molecule has 286 valence electrons. The van der Waals surface area contributed by atoms with Crippen molar-refractivity contribution < 1.29 is 38.2 Å². The molecule has 2 unspecified atom stereocenters. The molecule has 0 radical (unpaired) electrons. The van der Waals surface area contributed by atoms with Gasteiger partial charge in [-0.3, -0.25) is 9.59 Å². The van der Waals surface area contributed by atoms with Crippen LogP contribution in [0, 0.1) is 0 Å². The van der Waals surface area contributed by atoms with E-state index in [9.17, 15) is 19.5 Å². The minimum absolute atomic E-state index is 0.0545. The molecule has 8 heteroatoms. The maximum Gasteiger partial charge on any atom is 0.362 e. The van der Waals surface area contributed by atoms with Crippen LogP contribution in [-0.4, -0.2) is 80.6 Å². The van der Waals surface area contributed by atoms with Crippen molar-refractivity contribution in [1.82, 2.24) is 0 Å². The Morgan fingerprint density at radius 1 is 0.592 bits per heavy atom. The number of carboxylic acids is 1. The molecule has 49 heavy (non-hydrogen) atoms. The number of quaternary nitrogens is 1. The van der Waals surface area contributed by atoms with Crippen molar-refractivity contribution >= 4 is 17.9 Å². The average Bonchev–Trinajstić information content (AvgIpc) is 3.05. The molecule has 0 rings (SSSR count). The quantitative estimate of drug-likeness (QED) is 0.0305. The lowest BCUT2D eigenvalue weighted by molar-refractivity contribution is -0.887. The van der Waals surface area contributed by atoms with Gasteiger partial charge in [0.05, 0.1) is 34.4 Å². The van der Waals surface area contributed by atoms with Crippen LogP contribution in [0.1, 0.15) is 168 Å². The summed E-state index contributed by atoms with van der Waals surface area (Å²) in [4.78, 5) is 36.8. The van der Waals surface area contributed by atoms with Crippen LogP contribution in [0.3, 0.4) is 0 Å². The maximum absolute atomic E-state index is 12.6. The Labute approximate surface area is 301 Å². The summed E-state index contributed by atoms with van der Waals surface area (Å²) in [6, 6.07) is -0.615. The first kappa shape index (κ1) is 46.8. The van der Waals surface area contributed by atoms with Crippen LogP contribution in [0.15, 0.2) is 24.3 Å². The summed E-state index contributed by atoms with van der Waals surface area (Å²) in [7, 11) is 5.51. The zero-order valence-corrected chi connectivity index (χ0v) is 32.4. The topological polar surface area (TPSA) is 99.1 Å². The second-order valence-corrected chi connectivity index (χ2v) is 14.5. The first-order valence-corrected chi connectivity index (χ1v) is 19.9. The summed E-state index contributed by atoms with van der Waals surface area (Å²) >= 11 is 0. The number of aliphatic carboxylic acids is 1. The lowest BCUT2D eigenvalue weighted by Gasteiger charge is -2.31. The molecule has 0 aromatic carbocycles. The monoisotopic (exact) mass is 695 g/mol. The van der Waals surface area contributed by atoms with Crippen molar-refractivity contribution in [1.29, 1.82) is 0 Å².